The zero-order valence-corrected chi connectivity index (χ0v) is 8.90. The first kappa shape index (κ1) is 11.9. The van der Waals surface area contributed by atoms with E-state index in [1.807, 2.05) is 13.8 Å². The first-order chi connectivity index (χ1) is 5.33. The number of nitrogens with one attached hydrogen (secondary N) is 2. The standard InChI is InChI=1S/C7H18N2O2S/c1-6(2)5-8-12(10,11)9-7(3)4/h6-9H,5H2,1-4H3. The van der Waals surface area contributed by atoms with E-state index >= 15 is 0 Å². The van der Waals surface area contributed by atoms with E-state index in [2.05, 4.69) is 9.44 Å². The highest BCUT2D eigenvalue weighted by Gasteiger charge is 2.10. The quantitative estimate of drug-likeness (QED) is 0.668. The molecule has 0 atom stereocenters. The van der Waals surface area contributed by atoms with Crippen molar-refractivity contribution in [2.24, 2.45) is 5.92 Å². The fourth-order valence-corrected chi connectivity index (χ4v) is 1.89. The maximum atomic E-state index is 11.1. The van der Waals surface area contributed by atoms with Crippen LogP contribution in [0.3, 0.4) is 0 Å². The van der Waals surface area contributed by atoms with Crippen molar-refractivity contribution < 1.29 is 8.42 Å². The molecule has 0 saturated carbocycles. The van der Waals surface area contributed by atoms with E-state index in [0.29, 0.717) is 12.5 Å². The Balaban J connectivity index is 3.89. The van der Waals surface area contributed by atoms with Gasteiger partial charge >= 0.3 is 0 Å². The van der Waals surface area contributed by atoms with Gasteiger partial charge in [-0.25, -0.2) is 4.72 Å². The lowest BCUT2D eigenvalue weighted by Gasteiger charge is -2.11. The van der Waals surface area contributed by atoms with E-state index in [-0.39, 0.29) is 6.04 Å². The lowest BCUT2D eigenvalue weighted by molar-refractivity contribution is 0.538. The van der Waals surface area contributed by atoms with Gasteiger partial charge in [0.05, 0.1) is 0 Å². The van der Waals surface area contributed by atoms with Crippen LogP contribution in [-0.4, -0.2) is 21.0 Å². The molecule has 0 saturated heterocycles. The summed E-state index contributed by atoms with van der Waals surface area (Å²) in [5.41, 5.74) is 0. The fraction of sp³-hybridized carbons (Fsp3) is 1.00. The molecule has 0 spiro atoms. The Morgan fingerprint density at radius 2 is 1.67 bits per heavy atom. The highest BCUT2D eigenvalue weighted by Crippen LogP contribution is 1.90. The number of rotatable bonds is 5. The van der Waals surface area contributed by atoms with Crippen LogP contribution in [0, 0.1) is 5.92 Å². The second kappa shape index (κ2) is 4.79. The fourth-order valence-electron chi connectivity index (χ4n) is 0.628. The van der Waals surface area contributed by atoms with Crippen molar-refractivity contribution in [1.29, 1.82) is 0 Å². The Morgan fingerprint density at radius 1 is 1.17 bits per heavy atom. The van der Waals surface area contributed by atoms with Gasteiger partial charge < -0.3 is 0 Å². The second-order valence-electron chi connectivity index (χ2n) is 3.52. The highest BCUT2D eigenvalue weighted by molar-refractivity contribution is 7.87. The van der Waals surface area contributed by atoms with E-state index in [4.69, 9.17) is 0 Å². The van der Waals surface area contributed by atoms with Crippen molar-refractivity contribution in [3.63, 3.8) is 0 Å². The van der Waals surface area contributed by atoms with Crippen LogP contribution in [0.2, 0.25) is 0 Å². The zero-order chi connectivity index (χ0) is 9.78. The molecule has 0 aliphatic rings. The van der Waals surface area contributed by atoms with Crippen molar-refractivity contribution in [1.82, 2.24) is 9.44 Å². The monoisotopic (exact) mass is 194 g/mol. The predicted molar refractivity (Wildman–Crippen MR) is 50.0 cm³/mol. The molecule has 0 aliphatic heterocycles. The minimum absolute atomic E-state index is 0.0605. The smallest absolute Gasteiger partial charge is 0.202 e. The molecule has 0 aliphatic carbocycles. The van der Waals surface area contributed by atoms with Gasteiger partial charge in [-0.15, -0.1) is 0 Å². The Bertz CT molecular complexity index is 209. The molecule has 5 heteroatoms. The first-order valence-electron chi connectivity index (χ1n) is 4.10. The van der Waals surface area contributed by atoms with Gasteiger partial charge in [0.15, 0.2) is 0 Å². The molecule has 0 unspecified atom stereocenters. The third kappa shape index (κ3) is 6.57. The van der Waals surface area contributed by atoms with E-state index in [1.54, 1.807) is 13.8 Å². The lowest BCUT2D eigenvalue weighted by Crippen LogP contribution is -2.41. The van der Waals surface area contributed by atoms with Gasteiger partial charge in [-0.2, -0.15) is 13.1 Å². The van der Waals surface area contributed by atoms with Crippen LogP contribution in [0.1, 0.15) is 27.7 Å². The summed E-state index contributed by atoms with van der Waals surface area (Å²) < 4.78 is 27.1. The number of hydrogen-bond acceptors (Lipinski definition) is 2. The summed E-state index contributed by atoms with van der Waals surface area (Å²) in [6.45, 7) is 7.96. The Kier molecular flexibility index (Phi) is 4.74. The largest absolute Gasteiger partial charge is 0.277 e. The predicted octanol–water partition coefficient (Wildman–Crippen LogP) is 0.475. The molecule has 4 nitrogen and oxygen atoms in total. The second-order valence-corrected chi connectivity index (χ2v) is 5.05. The maximum Gasteiger partial charge on any atom is 0.277 e. The van der Waals surface area contributed by atoms with Crippen molar-refractivity contribution in [3.05, 3.63) is 0 Å². The van der Waals surface area contributed by atoms with Gasteiger partial charge in [0.2, 0.25) is 0 Å². The topological polar surface area (TPSA) is 58.2 Å². The Hall–Kier alpha value is -0.130. The van der Waals surface area contributed by atoms with Crippen LogP contribution in [0.25, 0.3) is 0 Å². The molecule has 0 radical (unpaired) electrons. The van der Waals surface area contributed by atoms with Gasteiger partial charge in [0.25, 0.3) is 10.2 Å². The summed E-state index contributed by atoms with van der Waals surface area (Å²) in [6.07, 6.45) is 0. The van der Waals surface area contributed by atoms with Gasteiger partial charge in [-0.1, -0.05) is 13.8 Å². The molecule has 12 heavy (non-hydrogen) atoms. The van der Waals surface area contributed by atoms with Gasteiger partial charge in [0, 0.05) is 12.6 Å². The lowest BCUT2D eigenvalue weighted by atomic mass is 10.2. The van der Waals surface area contributed by atoms with Gasteiger partial charge in [0.1, 0.15) is 0 Å². The average molecular weight is 194 g/mol. The number of hydrogen-bond donors (Lipinski definition) is 2. The van der Waals surface area contributed by atoms with Gasteiger partial charge in [-0.05, 0) is 19.8 Å². The Morgan fingerprint density at radius 3 is 2.00 bits per heavy atom. The molecule has 74 valence electrons. The van der Waals surface area contributed by atoms with Crippen molar-refractivity contribution in [3.8, 4) is 0 Å². The SMILES string of the molecule is CC(C)CNS(=O)(=O)NC(C)C. The average Bonchev–Trinajstić information content (AvgIpc) is 1.81. The van der Waals surface area contributed by atoms with Crippen LogP contribution >= 0.6 is 0 Å². The maximum absolute atomic E-state index is 11.1. The van der Waals surface area contributed by atoms with E-state index < -0.39 is 10.2 Å². The van der Waals surface area contributed by atoms with Crippen LogP contribution in [0.15, 0.2) is 0 Å². The molecule has 0 aromatic heterocycles. The summed E-state index contributed by atoms with van der Waals surface area (Å²) in [5, 5.41) is 0. The van der Waals surface area contributed by atoms with E-state index in [0.717, 1.165) is 0 Å². The molecule has 2 N–H and O–H groups in total. The molecule has 0 aromatic carbocycles. The normalized spacial score (nSPS) is 12.8. The van der Waals surface area contributed by atoms with Crippen LogP contribution in [0.5, 0.6) is 0 Å². The molecule has 0 bridgehead atoms. The third-order valence-electron chi connectivity index (χ3n) is 1.07. The molecule has 0 aromatic rings. The summed E-state index contributed by atoms with van der Waals surface area (Å²) in [5.74, 6) is 0.328. The molecule has 0 fully saturated rings. The zero-order valence-electron chi connectivity index (χ0n) is 8.09. The highest BCUT2D eigenvalue weighted by atomic mass is 32.2. The van der Waals surface area contributed by atoms with Crippen LogP contribution in [-0.2, 0) is 10.2 Å². The minimum Gasteiger partial charge on any atom is -0.202 e. The Labute approximate surface area is 74.9 Å². The molecule has 0 rings (SSSR count). The summed E-state index contributed by atoms with van der Waals surface area (Å²) in [4.78, 5) is 0. The summed E-state index contributed by atoms with van der Waals surface area (Å²) >= 11 is 0. The van der Waals surface area contributed by atoms with E-state index in [9.17, 15) is 8.42 Å². The van der Waals surface area contributed by atoms with E-state index in [1.165, 1.54) is 0 Å². The summed E-state index contributed by atoms with van der Waals surface area (Å²) in [6, 6.07) is -0.0605. The molecule has 0 heterocycles. The molecular weight excluding hydrogens is 176 g/mol. The van der Waals surface area contributed by atoms with Crippen molar-refractivity contribution in [2.45, 2.75) is 33.7 Å². The van der Waals surface area contributed by atoms with Crippen LogP contribution in [0.4, 0.5) is 0 Å². The molecular formula is C7H18N2O2S. The van der Waals surface area contributed by atoms with Crippen LogP contribution < -0.4 is 9.44 Å². The minimum atomic E-state index is -3.28. The van der Waals surface area contributed by atoms with Crippen molar-refractivity contribution >= 4 is 10.2 Å². The van der Waals surface area contributed by atoms with Gasteiger partial charge in [-0.3, -0.25) is 0 Å². The first-order valence-corrected chi connectivity index (χ1v) is 5.58. The third-order valence-corrected chi connectivity index (χ3v) is 2.40. The molecule has 0 amide bonds. The van der Waals surface area contributed by atoms with Crippen molar-refractivity contribution in [2.75, 3.05) is 6.54 Å². The summed E-state index contributed by atoms with van der Waals surface area (Å²) in [7, 11) is -3.28.